The summed E-state index contributed by atoms with van der Waals surface area (Å²) in [6, 6.07) is 6.46. The summed E-state index contributed by atoms with van der Waals surface area (Å²) < 4.78 is 0. The molecule has 2 rings (SSSR count). The summed E-state index contributed by atoms with van der Waals surface area (Å²) in [5.41, 5.74) is 1.28. The molecule has 1 fully saturated rings. The fourth-order valence-electron chi connectivity index (χ4n) is 2.95. The van der Waals surface area contributed by atoms with E-state index in [-0.39, 0.29) is 0 Å². The van der Waals surface area contributed by atoms with Gasteiger partial charge in [-0.2, -0.15) is 0 Å². The number of hydrogen-bond acceptors (Lipinski definition) is 1. The summed E-state index contributed by atoms with van der Waals surface area (Å²) in [4.78, 5) is 0. The molecule has 1 aromatic rings. The molecule has 1 aliphatic carbocycles. The highest BCUT2D eigenvalue weighted by atomic mass is 35.5. The summed E-state index contributed by atoms with van der Waals surface area (Å²) in [5, 5.41) is 4.91. The standard InChI is InChI=1S/C15H21Cl2N/c1-2-18-15(11-6-4-3-5-7-11)12-8-9-13(16)14(17)10-12/h8-11,15,18H,2-7H2,1H3. The smallest absolute Gasteiger partial charge is 0.0595 e. The lowest BCUT2D eigenvalue weighted by atomic mass is 9.81. The third kappa shape index (κ3) is 3.40. The molecule has 0 spiro atoms. The third-order valence-corrected chi connectivity index (χ3v) is 4.59. The first-order chi connectivity index (χ1) is 8.72. The largest absolute Gasteiger partial charge is 0.310 e. The van der Waals surface area contributed by atoms with Crippen molar-refractivity contribution in [1.29, 1.82) is 0 Å². The Morgan fingerprint density at radius 2 is 1.89 bits per heavy atom. The average molecular weight is 286 g/mol. The van der Waals surface area contributed by atoms with Gasteiger partial charge in [-0.1, -0.05) is 55.5 Å². The van der Waals surface area contributed by atoms with E-state index < -0.39 is 0 Å². The molecule has 1 aromatic carbocycles. The molecule has 0 bridgehead atoms. The van der Waals surface area contributed by atoms with Crippen molar-refractivity contribution in [2.45, 2.75) is 45.1 Å². The van der Waals surface area contributed by atoms with Crippen molar-refractivity contribution in [1.82, 2.24) is 5.32 Å². The van der Waals surface area contributed by atoms with E-state index in [4.69, 9.17) is 23.2 Å². The molecule has 100 valence electrons. The second-order valence-electron chi connectivity index (χ2n) is 5.11. The quantitative estimate of drug-likeness (QED) is 0.799. The molecule has 1 unspecified atom stereocenters. The summed E-state index contributed by atoms with van der Waals surface area (Å²) in [6.07, 6.45) is 6.73. The molecule has 1 saturated carbocycles. The van der Waals surface area contributed by atoms with Crippen LogP contribution in [0.5, 0.6) is 0 Å². The van der Waals surface area contributed by atoms with Crippen LogP contribution < -0.4 is 5.32 Å². The van der Waals surface area contributed by atoms with Gasteiger partial charge in [0.2, 0.25) is 0 Å². The van der Waals surface area contributed by atoms with Gasteiger partial charge in [-0.25, -0.2) is 0 Å². The Kier molecular flexibility index (Phi) is 5.35. The lowest BCUT2D eigenvalue weighted by Crippen LogP contribution is -2.29. The predicted octanol–water partition coefficient (Wildman–Crippen LogP) is 5.22. The molecule has 3 heteroatoms. The molecule has 0 aromatic heterocycles. The zero-order chi connectivity index (χ0) is 13.0. The highest BCUT2D eigenvalue weighted by molar-refractivity contribution is 6.42. The van der Waals surface area contributed by atoms with Gasteiger partial charge in [0.15, 0.2) is 0 Å². The van der Waals surface area contributed by atoms with E-state index in [2.05, 4.69) is 18.3 Å². The first kappa shape index (κ1) is 14.2. The van der Waals surface area contributed by atoms with Crippen molar-refractivity contribution in [2.24, 2.45) is 5.92 Å². The molecule has 1 aliphatic rings. The van der Waals surface area contributed by atoms with Gasteiger partial charge in [-0.3, -0.25) is 0 Å². The Bertz CT molecular complexity index is 386. The summed E-state index contributed by atoms with van der Waals surface area (Å²) in [5.74, 6) is 0.732. The molecule has 0 saturated heterocycles. The molecule has 1 nitrogen and oxygen atoms in total. The topological polar surface area (TPSA) is 12.0 Å². The number of halogens is 2. The first-order valence-corrected chi connectivity index (χ1v) is 7.66. The van der Waals surface area contributed by atoms with E-state index in [0.29, 0.717) is 16.1 Å². The molecule has 1 N–H and O–H groups in total. The molecular formula is C15H21Cl2N. The summed E-state index contributed by atoms with van der Waals surface area (Å²) >= 11 is 12.1. The van der Waals surface area contributed by atoms with E-state index >= 15 is 0 Å². The van der Waals surface area contributed by atoms with Crippen LogP contribution in [-0.2, 0) is 0 Å². The first-order valence-electron chi connectivity index (χ1n) is 6.90. The van der Waals surface area contributed by atoms with Gasteiger partial charge in [0.25, 0.3) is 0 Å². The monoisotopic (exact) mass is 285 g/mol. The van der Waals surface area contributed by atoms with Gasteiger partial charge in [0, 0.05) is 6.04 Å². The summed E-state index contributed by atoms with van der Waals surface area (Å²) in [6.45, 7) is 3.15. The minimum absolute atomic E-state index is 0.421. The molecular weight excluding hydrogens is 265 g/mol. The maximum Gasteiger partial charge on any atom is 0.0595 e. The minimum atomic E-state index is 0.421. The van der Waals surface area contributed by atoms with Crippen LogP contribution in [0.25, 0.3) is 0 Å². The fourth-order valence-corrected chi connectivity index (χ4v) is 3.26. The van der Waals surface area contributed by atoms with Gasteiger partial charge in [0.05, 0.1) is 10.0 Å². The van der Waals surface area contributed by atoms with Crippen LogP contribution >= 0.6 is 23.2 Å². The van der Waals surface area contributed by atoms with Crippen LogP contribution in [0.2, 0.25) is 10.0 Å². The van der Waals surface area contributed by atoms with Crippen molar-refractivity contribution in [3.8, 4) is 0 Å². The van der Waals surface area contributed by atoms with E-state index in [1.165, 1.54) is 37.7 Å². The van der Waals surface area contributed by atoms with Crippen molar-refractivity contribution >= 4 is 23.2 Å². The van der Waals surface area contributed by atoms with Gasteiger partial charge in [-0.15, -0.1) is 0 Å². The SMILES string of the molecule is CCNC(c1ccc(Cl)c(Cl)c1)C1CCCCC1. The van der Waals surface area contributed by atoms with Crippen LogP contribution in [0.15, 0.2) is 18.2 Å². The van der Waals surface area contributed by atoms with E-state index in [1.807, 2.05) is 12.1 Å². The van der Waals surface area contributed by atoms with E-state index in [0.717, 1.165) is 12.5 Å². The lowest BCUT2D eigenvalue weighted by molar-refractivity contribution is 0.274. The van der Waals surface area contributed by atoms with E-state index in [9.17, 15) is 0 Å². The molecule has 0 amide bonds. The van der Waals surface area contributed by atoms with Crippen molar-refractivity contribution in [3.05, 3.63) is 33.8 Å². The average Bonchev–Trinajstić information content (AvgIpc) is 2.40. The number of benzene rings is 1. The third-order valence-electron chi connectivity index (χ3n) is 3.85. The van der Waals surface area contributed by atoms with Crippen LogP contribution in [0.4, 0.5) is 0 Å². The van der Waals surface area contributed by atoms with Crippen molar-refractivity contribution in [2.75, 3.05) is 6.54 Å². The maximum atomic E-state index is 6.14. The van der Waals surface area contributed by atoms with Gasteiger partial charge in [-0.05, 0) is 43.0 Å². The highest BCUT2D eigenvalue weighted by Gasteiger charge is 2.24. The summed E-state index contributed by atoms with van der Waals surface area (Å²) in [7, 11) is 0. The number of rotatable bonds is 4. The second kappa shape index (κ2) is 6.79. The van der Waals surface area contributed by atoms with Crippen LogP contribution in [0, 0.1) is 5.92 Å². The molecule has 18 heavy (non-hydrogen) atoms. The van der Waals surface area contributed by atoms with Crippen LogP contribution in [0.1, 0.15) is 50.6 Å². The van der Waals surface area contributed by atoms with Gasteiger partial charge >= 0.3 is 0 Å². The Labute approximate surface area is 120 Å². The van der Waals surface area contributed by atoms with Crippen LogP contribution in [-0.4, -0.2) is 6.54 Å². The van der Waals surface area contributed by atoms with Gasteiger partial charge in [0.1, 0.15) is 0 Å². The zero-order valence-corrected chi connectivity index (χ0v) is 12.4. The van der Waals surface area contributed by atoms with Crippen LogP contribution in [0.3, 0.4) is 0 Å². The maximum absolute atomic E-state index is 6.14. The Hall–Kier alpha value is -0.240. The predicted molar refractivity (Wildman–Crippen MR) is 79.5 cm³/mol. The Balaban J connectivity index is 2.19. The van der Waals surface area contributed by atoms with Crippen molar-refractivity contribution < 1.29 is 0 Å². The highest BCUT2D eigenvalue weighted by Crippen LogP contribution is 2.36. The molecule has 0 heterocycles. The Morgan fingerprint density at radius 1 is 1.17 bits per heavy atom. The normalized spacial score (nSPS) is 18.8. The zero-order valence-electron chi connectivity index (χ0n) is 10.9. The van der Waals surface area contributed by atoms with E-state index in [1.54, 1.807) is 0 Å². The number of nitrogens with one attached hydrogen (secondary N) is 1. The minimum Gasteiger partial charge on any atom is -0.310 e. The molecule has 0 aliphatic heterocycles. The Morgan fingerprint density at radius 3 is 2.50 bits per heavy atom. The lowest BCUT2D eigenvalue weighted by Gasteiger charge is -2.31. The molecule has 0 radical (unpaired) electrons. The van der Waals surface area contributed by atoms with Crippen molar-refractivity contribution in [3.63, 3.8) is 0 Å². The second-order valence-corrected chi connectivity index (χ2v) is 5.92. The molecule has 1 atom stereocenters. The van der Waals surface area contributed by atoms with Gasteiger partial charge < -0.3 is 5.32 Å². The fraction of sp³-hybridized carbons (Fsp3) is 0.600. The number of hydrogen-bond donors (Lipinski definition) is 1.